The van der Waals surface area contributed by atoms with Gasteiger partial charge < -0.3 is 10.6 Å². The van der Waals surface area contributed by atoms with Gasteiger partial charge in [-0.25, -0.2) is 4.99 Å². The smallest absolute Gasteiger partial charge is 0.191 e. The number of hydrogen-bond donors (Lipinski definition) is 2. The molecule has 1 aromatic heterocycles. The molecule has 6 nitrogen and oxygen atoms in total. The summed E-state index contributed by atoms with van der Waals surface area (Å²) >= 11 is 0. The number of aryl methyl sites for hydroxylation is 1. The SMILES string of the molecule is CCNC(=NCc1cnn(C)c1)NC1CCN(C2CCCC2)C1.I. The van der Waals surface area contributed by atoms with Crippen LogP contribution in [0.4, 0.5) is 0 Å². The van der Waals surface area contributed by atoms with E-state index in [1.54, 1.807) is 0 Å². The van der Waals surface area contributed by atoms with Crippen molar-refractivity contribution in [3.63, 3.8) is 0 Å². The van der Waals surface area contributed by atoms with Crippen LogP contribution in [0.5, 0.6) is 0 Å². The highest BCUT2D eigenvalue weighted by molar-refractivity contribution is 14.0. The van der Waals surface area contributed by atoms with E-state index in [0.29, 0.717) is 12.6 Å². The number of nitrogens with one attached hydrogen (secondary N) is 2. The minimum atomic E-state index is 0. The Hall–Kier alpha value is -0.830. The maximum Gasteiger partial charge on any atom is 0.191 e. The van der Waals surface area contributed by atoms with Gasteiger partial charge >= 0.3 is 0 Å². The quantitative estimate of drug-likeness (QED) is 0.414. The van der Waals surface area contributed by atoms with Crippen molar-refractivity contribution < 1.29 is 0 Å². The molecule has 1 unspecified atom stereocenters. The molecule has 0 bridgehead atoms. The zero-order valence-corrected chi connectivity index (χ0v) is 17.2. The molecule has 7 heteroatoms. The van der Waals surface area contributed by atoms with Gasteiger partial charge in [0.15, 0.2) is 5.96 Å². The number of aromatic nitrogens is 2. The van der Waals surface area contributed by atoms with Gasteiger partial charge in [-0.15, -0.1) is 24.0 Å². The van der Waals surface area contributed by atoms with E-state index in [9.17, 15) is 0 Å². The van der Waals surface area contributed by atoms with Crippen LogP contribution < -0.4 is 10.6 Å². The average Bonchev–Trinajstić information content (AvgIpc) is 3.26. The lowest BCUT2D eigenvalue weighted by molar-refractivity contribution is 0.242. The van der Waals surface area contributed by atoms with Crippen LogP contribution in [-0.2, 0) is 13.6 Å². The fraction of sp³-hybridized carbons (Fsp3) is 0.765. The third kappa shape index (κ3) is 5.34. The van der Waals surface area contributed by atoms with Gasteiger partial charge in [0.05, 0.1) is 12.7 Å². The first-order valence-electron chi connectivity index (χ1n) is 9.01. The number of rotatable bonds is 5. The number of likely N-dealkylation sites (tertiary alicyclic amines) is 1. The maximum atomic E-state index is 4.71. The first kappa shape index (κ1) is 19.5. The minimum Gasteiger partial charge on any atom is -0.357 e. The summed E-state index contributed by atoms with van der Waals surface area (Å²) in [5, 5.41) is 11.2. The highest BCUT2D eigenvalue weighted by atomic mass is 127. The van der Waals surface area contributed by atoms with E-state index in [4.69, 9.17) is 4.99 Å². The monoisotopic (exact) mass is 446 g/mol. The molecule has 1 aliphatic heterocycles. The number of nitrogens with zero attached hydrogens (tertiary/aromatic N) is 4. The van der Waals surface area contributed by atoms with Gasteiger partial charge in [0.2, 0.25) is 0 Å². The molecule has 1 saturated carbocycles. The highest BCUT2D eigenvalue weighted by Gasteiger charge is 2.30. The molecule has 24 heavy (non-hydrogen) atoms. The Labute approximate surface area is 162 Å². The van der Waals surface area contributed by atoms with Crippen molar-refractivity contribution in [3.05, 3.63) is 18.0 Å². The van der Waals surface area contributed by atoms with E-state index in [1.165, 1.54) is 38.6 Å². The zero-order chi connectivity index (χ0) is 16.1. The second kappa shape index (κ2) is 9.60. The molecule has 0 spiro atoms. The molecule has 2 aliphatic rings. The molecule has 1 atom stereocenters. The summed E-state index contributed by atoms with van der Waals surface area (Å²) in [6, 6.07) is 1.35. The van der Waals surface area contributed by atoms with Gasteiger partial charge in [-0.2, -0.15) is 5.10 Å². The topological polar surface area (TPSA) is 57.5 Å². The van der Waals surface area contributed by atoms with Gasteiger partial charge in [0.1, 0.15) is 0 Å². The molecule has 136 valence electrons. The normalized spacial score (nSPS) is 22.6. The molecule has 1 saturated heterocycles. The Morgan fingerprint density at radius 1 is 1.33 bits per heavy atom. The average molecular weight is 446 g/mol. The largest absolute Gasteiger partial charge is 0.357 e. The Morgan fingerprint density at radius 2 is 2.12 bits per heavy atom. The molecule has 2 heterocycles. The molecular weight excluding hydrogens is 415 g/mol. The summed E-state index contributed by atoms with van der Waals surface area (Å²) in [5.41, 5.74) is 1.14. The number of guanidine groups is 1. The van der Waals surface area contributed by atoms with Crippen molar-refractivity contribution in [3.8, 4) is 0 Å². The van der Waals surface area contributed by atoms with Crippen LogP contribution in [0.2, 0.25) is 0 Å². The van der Waals surface area contributed by atoms with E-state index in [1.807, 2.05) is 24.1 Å². The predicted molar refractivity (Wildman–Crippen MR) is 109 cm³/mol. The lowest BCUT2D eigenvalue weighted by Gasteiger charge is -2.24. The molecule has 0 amide bonds. The first-order valence-corrected chi connectivity index (χ1v) is 9.01. The molecule has 0 radical (unpaired) electrons. The number of aliphatic imine (C=N–C) groups is 1. The van der Waals surface area contributed by atoms with Gasteiger partial charge in [-0.3, -0.25) is 9.58 Å². The van der Waals surface area contributed by atoms with Crippen molar-refractivity contribution in [1.82, 2.24) is 25.3 Å². The molecule has 0 aromatic carbocycles. The lowest BCUT2D eigenvalue weighted by atomic mass is 10.2. The van der Waals surface area contributed by atoms with E-state index in [-0.39, 0.29) is 24.0 Å². The maximum absolute atomic E-state index is 4.71. The van der Waals surface area contributed by atoms with Gasteiger partial charge in [-0.05, 0) is 26.2 Å². The molecule has 1 aromatic rings. The minimum absolute atomic E-state index is 0. The van der Waals surface area contributed by atoms with E-state index < -0.39 is 0 Å². The van der Waals surface area contributed by atoms with Crippen molar-refractivity contribution in [2.24, 2.45) is 12.0 Å². The van der Waals surface area contributed by atoms with Crippen molar-refractivity contribution in [1.29, 1.82) is 0 Å². The molecular formula is C17H31IN6. The summed E-state index contributed by atoms with van der Waals surface area (Å²) in [7, 11) is 1.94. The molecule has 2 fully saturated rings. The van der Waals surface area contributed by atoms with E-state index in [0.717, 1.165) is 30.7 Å². The van der Waals surface area contributed by atoms with Crippen LogP contribution >= 0.6 is 24.0 Å². The summed E-state index contributed by atoms with van der Waals surface area (Å²) in [4.78, 5) is 7.38. The van der Waals surface area contributed by atoms with Crippen molar-refractivity contribution in [2.45, 2.75) is 57.7 Å². The van der Waals surface area contributed by atoms with Crippen LogP contribution in [-0.4, -0.2) is 52.4 Å². The van der Waals surface area contributed by atoms with Crippen LogP contribution in [0.15, 0.2) is 17.4 Å². The lowest BCUT2D eigenvalue weighted by Crippen LogP contribution is -2.45. The van der Waals surface area contributed by atoms with Crippen molar-refractivity contribution in [2.75, 3.05) is 19.6 Å². The van der Waals surface area contributed by atoms with Crippen LogP contribution in [0.3, 0.4) is 0 Å². The Balaban J connectivity index is 0.00000208. The second-order valence-corrected chi connectivity index (χ2v) is 6.78. The Kier molecular flexibility index (Phi) is 7.80. The van der Waals surface area contributed by atoms with E-state index in [2.05, 4.69) is 27.6 Å². The third-order valence-corrected chi connectivity index (χ3v) is 4.92. The van der Waals surface area contributed by atoms with E-state index >= 15 is 0 Å². The summed E-state index contributed by atoms with van der Waals surface area (Å²) < 4.78 is 1.82. The number of halogens is 1. The molecule has 2 N–H and O–H groups in total. The Bertz CT molecular complexity index is 523. The van der Waals surface area contributed by atoms with Gasteiger partial charge in [0.25, 0.3) is 0 Å². The van der Waals surface area contributed by atoms with Crippen LogP contribution in [0, 0.1) is 0 Å². The number of hydrogen-bond acceptors (Lipinski definition) is 3. The molecule has 3 rings (SSSR count). The second-order valence-electron chi connectivity index (χ2n) is 6.78. The molecule has 1 aliphatic carbocycles. The van der Waals surface area contributed by atoms with Crippen molar-refractivity contribution >= 4 is 29.9 Å². The summed E-state index contributed by atoms with van der Waals surface area (Å²) in [6.45, 7) is 6.05. The zero-order valence-electron chi connectivity index (χ0n) is 14.9. The van der Waals surface area contributed by atoms with Gasteiger partial charge in [0, 0.05) is 50.5 Å². The van der Waals surface area contributed by atoms with Crippen LogP contribution in [0.1, 0.15) is 44.6 Å². The summed E-state index contributed by atoms with van der Waals surface area (Å²) in [6.07, 6.45) is 10.7. The first-order chi connectivity index (χ1) is 11.2. The van der Waals surface area contributed by atoms with Crippen LogP contribution in [0.25, 0.3) is 0 Å². The fourth-order valence-electron chi connectivity index (χ4n) is 3.74. The Morgan fingerprint density at radius 3 is 2.79 bits per heavy atom. The van der Waals surface area contributed by atoms with Gasteiger partial charge in [-0.1, -0.05) is 12.8 Å². The third-order valence-electron chi connectivity index (χ3n) is 4.92. The summed E-state index contributed by atoms with van der Waals surface area (Å²) in [5.74, 6) is 0.926. The highest BCUT2D eigenvalue weighted by Crippen LogP contribution is 2.26. The predicted octanol–water partition coefficient (Wildman–Crippen LogP) is 2.11. The standard InChI is InChI=1S/C17H30N6.HI/c1-3-18-17(19-10-14-11-20-22(2)12-14)21-15-8-9-23(13-15)16-6-4-5-7-16;/h11-12,15-16H,3-10,13H2,1-2H3,(H2,18,19,21);1H. The fourth-order valence-corrected chi connectivity index (χ4v) is 3.74.